The molecule has 3 fully saturated rings. The zero-order valence-electron chi connectivity index (χ0n) is 13.3. The molecule has 0 aromatic carbocycles. The number of carbonyl (C=O) groups is 1. The number of carbonyl (C=O) groups excluding carboxylic acids is 1. The third kappa shape index (κ3) is 3.02. The number of likely N-dealkylation sites (N-methyl/N-ethyl adjacent to an activating group) is 1. The van der Waals surface area contributed by atoms with Gasteiger partial charge in [-0.2, -0.15) is 4.31 Å². The number of hydrogen-bond acceptors (Lipinski definition) is 5. The molecule has 2 bridgehead atoms. The summed E-state index contributed by atoms with van der Waals surface area (Å²) in [6.45, 7) is 5.64. The van der Waals surface area contributed by atoms with Crippen LogP contribution in [0.15, 0.2) is 0 Å². The summed E-state index contributed by atoms with van der Waals surface area (Å²) in [7, 11) is -1.15. The summed E-state index contributed by atoms with van der Waals surface area (Å²) in [6, 6.07) is 0. The monoisotopic (exact) mass is 331 g/mol. The van der Waals surface area contributed by atoms with Gasteiger partial charge in [0.2, 0.25) is 15.9 Å². The second-order valence-corrected chi connectivity index (χ2v) is 8.74. The van der Waals surface area contributed by atoms with Crippen LogP contribution in [0.25, 0.3) is 0 Å². The van der Waals surface area contributed by atoms with Gasteiger partial charge in [0.1, 0.15) is 0 Å². The van der Waals surface area contributed by atoms with Gasteiger partial charge in [0.25, 0.3) is 0 Å². The Bertz CT molecular complexity index is 530. The highest BCUT2D eigenvalue weighted by Crippen LogP contribution is 2.34. The lowest BCUT2D eigenvalue weighted by atomic mass is 9.98. The Morgan fingerprint density at radius 3 is 2.50 bits per heavy atom. The van der Waals surface area contributed by atoms with Crippen molar-refractivity contribution in [2.45, 2.75) is 25.6 Å². The molecule has 3 saturated heterocycles. The van der Waals surface area contributed by atoms with Gasteiger partial charge in [-0.15, -0.1) is 0 Å². The lowest BCUT2D eigenvalue weighted by Crippen LogP contribution is -2.51. The highest BCUT2D eigenvalue weighted by atomic mass is 32.2. The molecule has 126 valence electrons. The Hall–Kier alpha value is -0.700. The SMILES string of the molecule is CCS(=O)(=O)N1C[C@H]2C[C@H](C(=O)N3CCN(C)CC3)[C@@H](C1)O2. The van der Waals surface area contributed by atoms with Crippen molar-refractivity contribution in [2.24, 2.45) is 5.92 Å². The minimum atomic E-state index is -3.21. The molecule has 0 saturated carbocycles. The summed E-state index contributed by atoms with van der Waals surface area (Å²) in [5.41, 5.74) is 0. The quantitative estimate of drug-likeness (QED) is 0.677. The number of sulfonamides is 1. The number of rotatable bonds is 3. The van der Waals surface area contributed by atoms with Gasteiger partial charge in [0.05, 0.1) is 23.9 Å². The largest absolute Gasteiger partial charge is 0.371 e. The van der Waals surface area contributed by atoms with Gasteiger partial charge in [-0.05, 0) is 20.4 Å². The Labute approximate surface area is 132 Å². The average Bonchev–Trinajstić information content (AvgIpc) is 2.81. The summed E-state index contributed by atoms with van der Waals surface area (Å²) >= 11 is 0. The normalized spacial score (nSPS) is 34.1. The number of hydrogen-bond donors (Lipinski definition) is 0. The van der Waals surface area contributed by atoms with Crippen molar-refractivity contribution in [3.05, 3.63) is 0 Å². The van der Waals surface area contributed by atoms with Gasteiger partial charge in [0.15, 0.2) is 0 Å². The Morgan fingerprint density at radius 2 is 1.86 bits per heavy atom. The van der Waals surface area contributed by atoms with E-state index in [-0.39, 0.29) is 29.8 Å². The van der Waals surface area contributed by atoms with Gasteiger partial charge in [-0.1, -0.05) is 0 Å². The Kier molecular flexibility index (Phi) is 4.46. The molecule has 0 aromatic heterocycles. The van der Waals surface area contributed by atoms with E-state index in [9.17, 15) is 13.2 Å². The van der Waals surface area contributed by atoms with Crippen LogP contribution in [0, 0.1) is 5.92 Å². The fourth-order valence-corrected chi connectivity index (χ4v) is 4.69. The summed E-state index contributed by atoms with van der Waals surface area (Å²) in [5, 5.41) is 0. The van der Waals surface area contributed by atoms with E-state index in [0.29, 0.717) is 19.5 Å². The third-order valence-electron chi connectivity index (χ3n) is 5.01. The van der Waals surface area contributed by atoms with E-state index >= 15 is 0 Å². The van der Waals surface area contributed by atoms with Crippen molar-refractivity contribution in [3.63, 3.8) is 0 Å². The maximum absolute atomic E-state index is 12.7. The van der Waals surface area contributed by atoms with Crippen LogP contribution in [-0.4, -0.2) is 92.7 Å². The molecule has 0 radical (unpaired) electrons. The number of amides is 1. The van der Waals surface area contributed by atoms with E-state index in [4.69, 9.17) is 4.74 Å². The third-order valence-corrected chi connectivity index (χ3v) is 6.83. The maximum Gasteiger partial charge on any atom is 0.228 e. The number of ether oxygens (including phenoxy) is 1. The summed E-state index contributed by atoms with van der Waals surface area (Å²) in [6.07, 6.45) is 0.222. The Morgan fingerprint density at radius 1 is 1.18 bits per heavy atom. The highest BCUT2D eigenvalue weighted by molar-refractivity contribution is 7.89. The van der Waals surface area contributed by atoms with E-state index < -0.39 is 10.0 Å². The second-order valence-electron chi connectivity index (χ2n) is 6.48. The van der Waals surface area contributed by atoms with Gasteiger partial charge in [0, 0.05) is 39.3 Å². The molecule has 0 aliphatic carbocycles. The van der Waals surface area contributed by atoms with E-state index in [1.165, 1.54) is 4.31 Å². The first-order chi connectivity index (χ1) is 10.4. The van der Waals surface area contributed by atoms with Crippen molar-refractivity contribution in [1.29, 1.82) is 0 Å². The molecule has 3 rings (SSSR count). The predicted octanol–water partition coefficient (Wildman–Crippen LogP) is -0.801. The summed E-state index contributed by atoms with van der Waals surface area (Å²) in [5.74, 6) is 0.0468. The minimum Gasteiger partial charge on any atom is -0.371 e. The first-order valence-corrected chi connectivity index (χ1v) is 9.62. The predicted molar refractivity (Wildman–Crippen MR) is 81.9 cm³/mol. The molecule has 8 heteroatoms. The van der Waals surface area contributed by atoms with E-state index in [0.717, 1.165) is 26.2 Å². The first-order valence-electron chi connectivity index (χ1n) is 8.01. The molecule has 3 aliphatic rings. The zero-order chi connectivity index (χ0) is 15.9. The number of nitrogens with zero attached hydrogens (tertiary/aromatic N) is 3. The first kappa shape index (κ1) is 16.2. The van der Waals surface area contributed by atoms with Crippen LogP contribution in [0.3, 0.4) is 0 Å². The van der Waals surface area contributed by atoms with Crippen molar-refractivity contribution < 1.29 is 17.9 Å². The minimum absolute atomic E-state index is 0.101. The van der Waals surface area contributed by atoms with Crippen LogP contribution in [0.2, 0.25) is 0 Å². The van der Waals surface area contributed by atoms with Crippen molar-refractivity contribution in [1.82, 2.24) is 14.1 Å². The molecule has 22 heavy (non-hydrogen) atoms. The van der Waals surface area contributed by atoms with Crippen LogP contribution in [0.5, 0.6) is 0 Å². The zero-order valence-corrected chi connectivity index (χ0v) is 14.1. The molecule has 1 amide bonds. The van der Waals surface area contributed by atoms with E-state index in [1.54, 1.807) is 6.92 Å². The van der Waals surface area contributed by atoms with Crippen molar-refractivity contribution >= 4 is 15.9 Å². The topological polar surface area (TPSA) is 70.2 Å². The van der Waals surface area contributed by atoms with Crippen LogP contribution in [0.1, 0.15) is 13.3 Å². The van der Waals surface area contributed by atoms with E-state index in [1.807, 2.05) is 4.90 Å². The molecular weight excluding hydrogens is 306 g/mol. The molecule has 0 unspecified atom stereocenters. The molecule has 0 N–H and O–H groups in total. The van der Waals surface area contributed by atoms with Crippen LogP contribution in [-0.2, 0) is 19.6 Å². The Balaban J connectivity index is 1.66. The molecule has 0 spiro atoms. The second kappa shape index (κ2) is 6.07. The highest BCUT2D eigenvalue weighted by Gasteiger charge is 2.48. The smallest absolute Gasteiger partial charge is 0.228 e. The van der Waals surface area contributed by atoms with Gasteiger partial charge >= 0.3 is 0 Å². The molecule has 3 aliphatic heterocycles. The standard InChI is InChI=1S/C14H25N3O4S/c1-3-22(19,20)17-9-11-8-12(13(10-17)21-11)14(18)16-6-4-15(2)5-7-16/h11-13H,3-10H2,1-2H3/t11-,12+,13-/m1/s1. The van der Waals surface area contributed by atoms with Crippen LogP contribution in [0.4, 0.5) is 0 Å². The van der Waals surface area contributed by atoms with Gasteiger partial charge in [-0.25, -0.2) is 8.42 Å². The van der Waals surface area contributed by atoms with Crippen molar-refractivity contribution in [3.8, 4) is 0 Å². The van der Waals surface area contributed by atoms with Crippen molar-refractivity contribution in [2.75, 3.05) is 52.1 Å². The molecule has 0 aromatic rings. The van der Waals surface area contributed by atoms with Crippen LogP contribution < -0.4 is 0 Å². The maximum atomic E-state index is 12.7. The molecule has 7 nitrogen and oxygen atoms in total. The summed E-state index contributed by atoms with van der Waals surface area (Å²) < 4.78 is 31.5. The molecule has 3 atom stereocenters. The summed E-state index contributed by atoms with van der Waals surface area (Å²) in [4.78, 5) is 16.9. The molecule has 3 heterocycles. The number of piperazine rings is 1. The van der Waals surface area contributed by atoms with E-state index in [2.05, 4.69) is 11.9 Å². The van der Waals surface area contributed by atoms with Gasteiger partial charge in [-0.3, -0.25) is 4.79 Å². The lowest BCUT2D eigenvalue weighted by molar-refractivity contribution is -0.139. The number of morpholine rings is 1. The fourth-order valence-electron chi connectivity index (χ4n) is 3.55. The van der Waals surface area contributed by atoms with Gasteiger partial charge < -0.3 is 14.5 Å². The average molecular weight is 331 g/mol. The molecular formula is C14H25N3O4S. The fraction of sp³-hybridized carbons (Fsp3) is 0.929. The lowest BCUT2D eigenvalue weighted by Gasteiger charge is -2.35. The van der Waals surface area contributed by atoms with Crippen LogP contribution >= 0.6 is 0 Å². The number of fused-ring (bicyclic) bond motifs is 2.